The number of piperidine rings is 1. The molecule has 1 aromatic carbocycles. The molecule has 0 aliphatic carbocycles. The highest BCUT2D eigenvalue weighted by molar-refractivity contribution is 5.20. The predicted molar refractivity (Wildman–Crippen MR) is 76.3 cm³/mol. The van der Waals surface area contributed by atoms with Gasteiger partial charge in [-0.25, -0.2) is 0 Å². The molecule has 4 heteroatoms. The molecule has 1 aromatic rings. The van der Waals surface area contributed by atoms with E-state index in [9.17, 15) is 5.11 Å². The highest BCUT2D eigenvalue weighted by Crippen LogP contribution is 2.32. The Morgan fingerprint density at radius 2 is 1.95 bits per heavy atom. The minimum absolute atomic E-state index is 0.00571. The molecule has 2 heterocycles. The van der Waals surface area contributed by atoms with Crippen LogP contribution < -0.4 is 5.32 Å². The summed E-state index contributed by atoms with van der Waals surface area (Å²) < 4.78 is 11.6. The van der Waals surface area contributed by atoms with E-state index in [0.717, 1.165) is 6.42 Å². The Morgan fingerprint density at radius 1 is 1.20 bits per heavy atom. The van der Waals surface area contributed by atoms with E-state index in [4.69, 9.17) is 9.47 Å². The van der Waals surface area contributed by atoms with Crippen LogP contribution in [-0.2, 0) is 9.47 Å². The van der Waals surface area contributed by atoms with Gasteiger partial charge in [-0.1, -0.05) is 30.3 Å². The Labute approximate surface area is 120 Å². The number of aliphatic hydroxyl groups is 1. The van der Waals surface area contributed by atoms with Crippen molar-refractivity contribution in [1.29, 1.82) is 0 Å². The first-order valence-electron chi connectivity index (χ1n) is 7.34. The van der Waals surface area contributed by atoms with E-state index < -0.39 is 5.79 Å². The van der Waals surface area contributed by atoms with Gasteiger partial charge in [-0.3, -0.25) is 0 Å². The van der Waals surface area contributed by atoms with Gasteiger partial charge in [0.2, 0.25) is 0 Å². The van der Waals surface area contributed by atoms with Gasteiger partial charge in [0, 0.05) is 12.1 Å². The summed E-state index contributed by atoms with van der Waals surface area (Å²) in [5, 5.41) is 13.8. The minimum Gasteiger partial charge on any atom is -0.393 e. The fraction of sp³-hybridized carbons (Fsp3) is 0.625. The van der Waals surface area contributed by atoms with Gasteiger partial charge in [0.05, 0.1) is 18.8 Å². The lowest BCUT2D eigenvalue weighted by Gasteiger charge is -2.37. The Bertz CT molecular complexity index is 448. The molecule has 0 radical (unpaired) electrons. The molecule has 3 rings (SSSR count). The Hall–Kier alpha value is -0.940. The van der Waals surface area contributed by atoms with Gasteiger partial charge in [0.25, 0.3) is 0 Å². The SMILES string of the molecule is CC1(C)OC[C@H]([C@@H]2C[C@H](O)C[C@H](c3ccccc3)N2)O1. The third-order valence-electron chi connectivity index (χ3n) is 4.13. The monoisotopic (exact) mass is 277 g/mol. The molecule has 0 spiro atoms. The zero-order valence-electron chi connectivity index (χ0n) is 12.1. The molecule has 0 bridgehead atoms. The fourth-order valence-corrected chi connectivity index (χ4v) is 3.15. The zero-order chi connectivity index (χ0) is 14.2. The van der Waals surface area contributed by atoms with E-state index in [1.54, 1.807) is 0 Å². The summed E-state index contributed by atoms with van der Waals surface area (Å²) in [7, 11) is 0. The van der Waals surface area contributed by atoms with Crippen LogP contribution in [0.4, 0.5) is 0 Å². The van der Waals surface area contributed by atoms with Crippen molar-refractivity contribution in [2.75, 3.05) is 6.61 Å². The average Bonchev–Trinajstić information content (AvgIpc) is 2.79. The molecule has 2 aliphatic rings. The van der Waals surface area contributed by atoms with Crippen LogP contribution in [0, 0.1) is 0 Å². The lowest BCUT2D eigenvalue weighted by molar-refractivity contribution is -0.144. The average molecular weight is 277 g/mol. The summed E-state index contributed by atoms with van der Waals surface area (Å²) in [6, 6.07) is 10.6. The topological polar surface area (TPSA) is 50.7 Å². The molecule has 2 saturated heterocycles. The van der Waals surface area contributed by atoms with Gasteiger partial charge in [-0.15, -0.1) is 0 Å². The van der Waals surface area contributed by atoms with E-state index in [0.29, 0.717) is 13.0 Å². The summed E-state index contributed by atoms with van der Waals surface area (Å²) in [6.07, 6.45) is 1.18. The van der Waals surface area contributed by atoms with Gasteiger partial charge >= 0.3 is 0 Å². The van der Waals surface area contributed by atoms with Crippen LogP contribution in [0.25, 0.3) is 0 Å². The van der Waals surface area contributed by atoms with Crippen LogP contribution >= 0.6 is 0 Å². The zero-order valence-corrected chi connectivity index (χ0v) is 12.1. The van der Waals surface area contributed by atoms with Gasteiger partial charge in [-0.2, -0.15) is 0 Å². The first kappa shape index (κ1) is 14.0. The second-order valence-corrected chi connectivity index (χ2v) is 6.23. The molecule has 0 unspecified atom stereocenters. The maximum absolute atomic E-state index is 10.2. The third-order valence-corrected chi connectivity index (χ3v) is 4.13. The van der Waals surface area contributed by atoms with Crippen molar-refractivity contribution in [3.63, 3.8) is 0 Å². The van der Waals surface area contributed by atoms with E-state index in [1.807, 2.05) is 32.0 Å². The Kier molecular flexibility index (Phi) is 3.82. The highest BCUT2D eigenvalue weighted by Gasteiger charge is 2.40. The van der Waals surface area contributed by atoms with Crippen molar-refractivity contribution in [2.45, 2.75) is 56.8 Å². The fourth-order valence-electron chi connectivity index (χ4n) is 3.15. The molecule has 0 saturated carbocycles. The summed E-state index contributed by atoms with van der Waals surface area (Å²) in [6.45, 7) is 4.45. The molecule has 2 N–H and O–H groups in total. The van der Waals surface area contributed by atoms with Crippen LogP contribution in [0.15, 0.2) is 30.3 Å². The number of hydrogen-bond donors (Lipinski definition) is 2. The van der Waals surface area contributed by atoms with Crippen molar-refractivity contribution in [3.8, 4) is 0 Å². The molecule has 2 aliphatic heterocycles. The van der Waals surface area contributed by atoms with Crippen LogP contribution in [0.3, 0.4) is 0 Å². The molecular weight excluding hydrogens is 254 g/mol. The molecular formula is C16H23NO3. The van der Waals surface area contributed by atoms with Crippen LogP contribution in [0.2, 0.25) is 0 Å². The number of benzene rings is 1. The number of nitrogens with one attached hydrogen (secondary N) is 1. The third kappa shape index (κ3) is 3.04. The minimum atomic E-state index is -0.517. The molecule has 0 amide bonds. The Morgan fingerprint density at radius 3 is 2.60 bits per heavy atom. The standard InChI is InChI=1S/C16H23NO3/c1-16(2)19-10-15(20-16)14-9-12(18)8-13(17-14)11-6-4-3-5-7-11/h3-7,12-15,17-18H,8-10H2,1-2H3/t12-,13-,14+,15-/m1/s1. The van der Waals surface area contributed by atoms with Crippen LogP contribution in [0.5, 0.6) is 0 Å². The molecule has 4 atom stereocenters. The summed E-state index contributed by atoms with van der Waals surface area (Å²) in [4.78, 5) is 0. The largest absolute Gasteiger partial charge is 0.393 e. The maximum Gasteiger partial charge on any atom is 0.163 e. The lowest BCUT2D eigenvalue weighted by Crippen LogP contribution is -2.50. The Balaban J connectivity index is 1.71. The van der Waals surface area contributed by atoms with Crippen molar-refractivity contribution in [1.82, 2.24) is 5.32 Å². The smallest absolute Gasteiger partial charge is 0.163 e. The second kappa shape index (κ2) is 5.45. The second-order valence-electron chi connectivity index (χ2n) is 6.23. The van der Waals surface area contributed by atoms with Gasteiger partial charge in [-0.05, 0) is 32.3 Å². The molecule has 0 aromatic heterocycles. The quantitative estimate of drug-likeness (QED) is 0.868. The molecule has 4 nitrogen and oxygen atoms in total. The number of rotatable bonds is 2. The van der Waals surface area contributed by atoms with E-state index in [2.05, 4.69) is 17.4 Å². The van der Waals surface area contributed by atoms with Gasteiger partial charge in [0.1, 0.15) is 0 Å². The first-order valence-corrected chi connectivity index (χ1v) is 7.34. The molecule has 20 heavy (non-hydrogen) atoms. The van der Waals surface area contributed by atoms with E-state index in [1.165, 1.54) is 5.56 Å². The first-order chi connectivity index (χ1) is 9.53. The van der Waals surface area contributed by atoms with Crippen LogP contribution in [-0.4, -0.2) is 35.8 Å². The maximum atomic E-state index is 10.2. The van der Waals surface area contributed by atoms with Crippen molar-refractivity contribution >= 4 is 0 Å². The van der Waals surface area contributed by atoms with E-state index >= 15 is 0 Å². The highest BCUT2D eigenvalue weighted by atomic mass is 16.7. The van der Waals surface area contributed by atoms with Crippen molar-refractivity contribution < 1.29 is 14.6 Å². The number of ether oxygens (including phenoxy) is 2. The number of hydrogen-bond acceptors (Lipinski definition) is 4. The molecule has 2 fully saturated rings. The predicted octanol–water partition coefficient (Wildman–Crippen LogP) is 1.99. The summed E-state index contributed by atoms with van der Waals surface area (Å²) in [5.41, 5.74) is 1.22. The summed E-state index contributed by atoms with van der Waals surface area (Å²) >= 11 is 0. The van der Waals surface area contributed by atoms with Crippen molar-refractivity contribution in [2.24, 2.45) is 0 Å². The summed E-state index contributed by atoms with van der Waals surface area (Å²) in [5.74, 6) is -0.517. The number of aliphatic hydroxyl groups excluding tert-OH is 1. The van der Waals surface area contributed by atoms with Crippen molar-refractivity contribution in [3.05, 3.63) is 35.9 Å². The molecule has 110 valence electrons. The lowest BCUT2D eigenvalue weighted by atomic mass is 9.89. The van der Waals surface area contributed by atoms with Gasteiger partial charge < -0.3 is 19.9 Å². The van der Waals surface area contributed by atoms with Crippen LogP contribution in [0.1, 0.15) is 38.3 Å². The normalized spacial score (nSPS) is 37.0. The van der Waals surface area contributed by atoms with E-state index in [-0.39, 0.29) is 24.3 Å². The van der Waals surface area contributed by atoms with Gasteiger partial charge in [0.15, 0.2) is 5.79 Å².